The van der Waals surface area contributed by atoms with Gasteiger partial charge in [0.1, 0.15) is 11.3 Å². The molecule has 0 saturated heterocycles. The highest BCUT2D eigenvalue weighted by Crippen LogP contribution is 2.21. The molecule has 0 saturated carbocycles. The lowest BCUT2D eigenvalue weighted by atomic mass is 10.3. The maximum Gasteiger partial charge on any atom is 0.144 e. The van der Waals surface area contributed by atoms with Crippen LogP contribution in [0.1, 0.15) is 6.42 Å². The van der Waals surface area contributed by atoms with Crippen LogP contribution in [0, 0.1) is 5.82 Å². The Hall–Kier alpha value is -1.20. The summed E-state index contributed by atoms with van der Waals surface area (Å²) >= 11 is 5.65. The Kier molecular flexibility index (Phi) is 3.36. The average molecular weight is 244 g/mol. The van der Waals surface area contributed by atoms with Gasteiger partial charge in [-0.15, -0.1) is 5.10 Å². The first-order valence-corrected chi connectivity index (χ1v) is 5.27. The topological polar surface area (TPSA) is 39.9 Å². The van der Waals surface area contributed by atoms with E-state index in [1.807, 2.05) is 0 Å². The van der Waals surface area contributed by atoms with Gasteiger partial charge in [0, 0.05) is 26.3 Å². The van der Waals surface area contributed by atoms with Crippen LogP contribution in [-0.2, 0) is 11.3 Å². The zero-order valence-electron chi connectivity index (χ0n) is 8.78. The van der Waals surface area contributed by atoms with Crippen molar-refractivity contribution in [1.82, 2.24) is 15.0 Å². The van der Waals surface area contributed by atoms with Crippen molar-refractivity contribution in [2.75, 3.05) is 13.7 Å². The van der Waals surface area contributed by atoms with Gasteiger partial charge in [-0.25, -0.2) is 9.07 Å². The molecular weight excluding hydrogens is 233 g/mol. The molecule has 1 aromatic carbocycles. The monoisotopic (exact) mass is 243 g/mol. The molecule has 0 unspecified atom stereocenters. The second-order valence-electron chi connectivity index (χ2n) is 3.41. The fourth-order valence-electron chi connectivity index (χ4n) is 1.49. The van der Waals surface area contributed by atoms with Crippen LogP contribution in [0.5, 0.6) is 0 Å². The molecule has 0 aliphatic rings. The number of aryl methyl sites for hydroxylation is 1. The molecule has 0 aliphatic carbocycles. The highest BCUT2D eigenvalue weighted by Gasteiger charge is 2.08. The van der Waals surface area contributed by atoms with Crippen LogP contribution in [0.4, 0.5) is 4.39 Å². The summed E-state index contributed by atoms with van der Waals surface area (Å²) in [6.07, 6.45) is 0.805. The van der Waals surface area contributed by atoms with Gasteiger partial charge < -0.3 is 4.74 Å². The molecular formula is C10H11ClFN3O. The summed E-state index contributed by atoms with van der Waals surface area (Å²) in [6.45, 7) is 1.28. The molecule has 16 heavy (non-hydrogen) atoms. The first kappa shape index (κ1) is 11.3. The molecule has 0 spiro atoms. The molecule has 2 aromatic rings. The second kappa shape index (κ2) is 4.76. The molecule has 0 aliphatic heterocycles. The summed E-state index contributed by atoms with van der Waals surface area (Å²) in [5.74, 6) is -0.454. The van der Waals surface area contributed by atoms with Crippen molar-refractivity contribution in [1.29, 1.82) is 0 Å². The average Bonchev–Trinajstić information content (AvgIpc) is 2.63. The number of nitrogens with zero attached hydrogens (tertiary/aromatic N) is 3. The quantitative estimate of drug-likeness (QED) is 0.774. The molecule has 0 amide bonds. The first-order chi connectivity index (χ1) is 7.72. The summed E-state index contributed by atoms with van der Waals surface area (Å²) in [7, 11) is 1.64. The van der Waals surface area contributed by atoms with Crippen LogP contribution in [-0.4, -0.2) is 28.7 Å². The predicted molar refractivity (Wildman–Crippen MR) is 59.0 cm³/mol. The number of aromatic nitrogens is 3. The third-order valence-corrected chi connectivity index (χ3v) is 2.56. The lowest BCUT2D eigenvalue weighted by molar-refractivity contribution is 0.189. The van der Waals surface area contributed by atoms with Crippen LogP contribution in [0.25, 0.3) is 11.0 Å². The number of methoxy groups -OCH3 is 1. The smallest absolute Gasteiger partial charge is 0.144 e. The van der Waals surface area contributed by atoms with Crippen LogP contribution in [0.2, 0.25) is 5.02 Å². The molecule has 0 atom stereocenters. The van der Waals surface area contributed by atoms with Gasteiger partial charge in [0.25, 0.3) is 0 Å². The lowest BCUT2D eigenvalue weighted by Gasteiger charge is -2.01. The van der Waals surface area contributed by atoms with E-state index in [0.717, 1.165) is 6.42 Å². The predicted octanol–water partition coefficient (Wildman–Crippen LogP) is 2.26. The maximum absolute atomic E-state index is 13.3. The minimum Gasteiger partial charge on any atom is -0.385 e. The second-order valence-corrected chi connectivity index (χ2v) is 3.82. The van der Waals surface area contributed by atoms with Gasteiger partial charge in [0.05, 0.1) is 10.5 Å². The van der Waals surface area contributed by atoms with Gasteiger partial charge in [-0.2, -0.15) is 0 Å². The number of halogens is 2. The Bertz CT molecular complexity index is 500. The van der Waals surface area contributed by atoms with E-state index in [4.69, 9.17) is 16.3 Å². The largest absolute Gasteiger partial charge is 0.385 e. The van der Waals surface area contributed by atoms with E-state index < -0.39 is 5.82 Å². The van der Waals surface area contributed by atoms with Crippen molar-refractivity contribution in [3.63, 3.8) is 0 Å². The van der Waals surface area contributed by atoms with E-state index in [2.05, 4.69) is 10.3 Å². The molecule has 2 rings (SSSR count). The lowest BCUT2D eigenvalue weighted by Crippen LogP contribution is -2.03. The Balaban J connectivity index is 2.29. The van der Waals surface area contributed by atoms with Gasteiger partial charge in [0.15, 0.2) is 0 Å². The van der Waals surface area contributed by atoms with Crippen molar-refractivity contribution in [3.05, 3.63) is 23.0 Å². The summed E-state index contributed by atoms with van der Waals surface area (Å²) in [5.41, 5.74) is 1.25. The van der Waals surface area contributed by atoms with Gasteiger partial charge in [-0.3, -0.25) is 0 Å². The summed E-state index contributed by atoms with van der Waals surface area (Å²) < 4.78 is 19.9. The third kappa shape index (κ3) is 2.15. The molecule has 0 bridgehead atoms. The van der Waals surface area contributed by atoms with Crippen LogP contribution < -0.4 is 0 Å². The molecule has 1 heterocycles. The van der Waals surface area contributed by atoms with E-state index in [1.54, 1.807) is 11.8 Å². The Labute approximate surface area is 97.0 Å². The van der Waals surface area contributed by atoms with Crippen molar-refractivity contribution in [2.45, 2.75) is 13.0 Å². The van der Waals surface area contributed by atoms with Crippen molar-refractivity contribution < 1.29 is 9.13 Å². The molecule has 86 valence electrons. The van der Waals surface area contributed by atoms with Crippen molar-refractivity contribution in [2.24, 2.45) is 0 Å². The molecule has 0 radical (unpaired) electrons. The fraction of sp³-hybridized carbons (Fsp3) is 0.400. The van der Waals surface area contributed by atoms with E-state index in [-0.39, 0.29) is 5.02 Å². The molecule has 6 heteroatoms. The Morgan fingerprint density at radius 2 is 2.31 bits per heavy atom. The van der Waals surface area contributed by atoms with E-state index >= 15 is 0 Å². The normalized spacial score (nSPS) is 11.2. The van der Waals surface area contributed by atoms with Crippen LogP contribution >= 0.6 is 11.6 Å². The number of rotatable bonds is 4. The molecule has 1 aromatic heterocycles. The summed E-state index contributed by atoms with van der Waals surface area (Å²) in [4.78, 5) is 0. The minimum atomic E-state index is -0.454. The number of ether oxygens (including phenoxy) is 1. The van der Waals surface area contributed by atoms with Crippen molar-refractivity contribution >= 4 is 22.6 Å². The summed E-state index contributed by atoms with van der Waals surface area (Å²) in [6, 6.07) is 2.83. The van der Waals surface area contributed by atoms with Gasteiger partial charge in [-0.05, 0) is 12.5 Å². The third-order valence-electron chi connectivity index (χ3n) is 2.27. The van der Waals surface area contributed by atoms with Gasteiger partial charge >= 0.3 is 0 Å². The summed E-state index contributed by atoms with van der Waals surface area (Å²) in [5, 5.41) is 7.92. The van der Waals surface area contributed by atoms with Gasteiger partial charge in [0.2, 0.25) is 0 Å². The van der Waals surface area contributed by atoms with Crippen molar-refractivity contribution in [3.8, 4) is 0 Å². The Morgan fingerprint density at radius 1 is 1.50 bits per heavy atom. The maximum atomic E-state index is 13.3. The molecule has 0 N–H and O–H groups in total. The Morgan fingerprint density at radius 3 is 3.06 bits per heavy atom. The van der Waals surface area contributed by atoms with Crippen LogP contribution in [0.3, 0.4) is 0 Å². The SMILES string of the molecule is COCCCn1nnc2cc(Cl)c(F)cc21. The van der Waals surface area contributed by atoms with Crippen LogP contribution in [0.15, 0.2) is 12.1 Å². The standard InChI is InChI=1S/C10H11ClFN3O/c1-16-4-2-3-15-10-6-8(12)7(11)5-9(10)13-14-15/h5-6H,2-4H2,1H3. The zero-order valence-corrected chi connectivity index (χ0v) is 9.54. The first-order valence-electron chi connectivity index (χ1n) is 4.89. The fourth-order valence-corrected chi connectivity index (χ4v) is 1.64. The zero-order chi connectivity index (χ0) is 11.5. The van der Waals surface area contributed by atoms with E-state index in [0.29, 0.717) is 24.2 Å². The van der Waals surface area contributed by atoms with E-state index in [1.165, 1.54) is 12.1 Å². The number of benzene rings is 1. The number of hydrogen-bond donors (Lipinski definition) is 0. The molecule has 0 fully saturated rings. The van der Waals surface area contributed by atoms with E-state index in [9.17, 15) is 4.39 Å². The minimum absolute atomic E-state index is 0.0661. The number of hydrogen-bond acceptors (Lipinski definition) is 3. The number of fused-ring (bicyclic) bond motifs is 1. The molecule has 4 nitrogen and oxygen atoms in total. The highest BCUT2D eigenvalue weighted by molar-refractivity contribution is 6.31. The highest BCUT2D eigenvalue weighted by atomic mass is 35.5. The van der Waals surface area contributed by atoms with Gasteiger partial charge in [-0.1, -0.05) is 16.8 Å².